The Bertz CT molecular complexity index is 307. The third-order valence-corrected chi connectivity index (χ3v) is 5.76. The molecule has 2 unspecified atom stereocenters. The van der Waals surface area contributed by atoms with E-state index >= 15 is 0 Å². The Balaban J connectivity index is 1.92. The van der Waals surface area contributed by atoms with Crippen LogP contribution in [-0.4, -0.2) is 72.0 Å². The molecule has 2 N–H and O–H groups in total. The first-order chi connectivity index (χ1) is 12.7. The van der Waals surface area contributed by atoms with E-state index in [0.717, 1.165) is 32.1 Å². The number of nitrogens with zero attached hydrogens (tertiary/aromatic N) is 2. The number of unbranched alkanes of at least 4 members (excludes halogenated alkanes) is 9. The molecule has 0 aromatic rings. The van der Waals surface area contributed by atoms with Crippen molar-refractivity contribution in [2.45, 2.75) is 90.6 Å². The zero-order chi connectivity index (χ0) is 19.0. The zero-order valence-electron chi connectivity index (χ0n) is 17.7. The average Bonchev–Trinajstić information content (AvgIpc) is 2.64. The summed E-state index contributed by atoms with van der Waals surface area (Å²) in [6.07, 6.45) is 14.9. The predicted octanol–water partition coefficient (Wildman–Crippen LogP) is 3.90. The number of rotatable bonds is 16. The molecule has 2 atom stereocenters. The van der Waals surface area contributed by atoms with Crippen molar-refractivity contribution in [2.75, 3.05) is 45.9 Å². The first-order valence-corrected chi connectivity index (χ1v) is 11.4. The molecule has 0 aromatic heterocycles. The number of aliphatic hydroxyl groups is 2. The Morgan fingerprint density at radius 3 is 1.69 bits per heavy atom. The van der Waals surface area contributed by atoms with Gasteiger partial charge in [-0.25, -0.2) is 0 Å². The van der Waals surface area contributed by atoms with Crippen LogP contribution in [0.1, 0.15) is 84.5 Å². The standard InChI is InChI=1S/C22H46N2O2/c1-3-4-5-6-7-8-9-10-11-12-13-21(2)18-23-14-16-24(17-15-23)19-22(26)20-25/h21-22,25-26H,3-20H2,1-2H3. The minimum absolute atomic E-state index is 0.129. The molecule has 0 aliphatic carbocycles. The molecule has 1 fully saturated rings. The number of β-amino-alcohol motifs (C(OH)–C–C–N with tert-alkyl or cyclic N) is 1. The third kappa shape index (κ3) is 12.3. The second-order valence-electron chi connectivity index (χ2n) is 8.51. The molecule has 1 saturated heterocycles. The van der Waals surface area contributed by atoms with E-state index in [1.54, 1.807) is 0 Å². The van der Waals surface area contributed by atoms with Crippen LogP contribution in [0, 0.1) is 5.92 Å². The van der Waals surface area contributed by atoms with Gasteiger partial charge in [-0.05, 0) is 12.3 Å². The largest absolute Gasteiger partial charge is 0.394 e. The second-order valence-corrected chi connectivity index (χ2v) is 8.51. The van der Waals surface area contributed by atoms with E-state index in [9.17, 15) is 5.11 Å². The molecule has 1 heterocycles. The molecule has 4 nitrogen and oxygen atoms in total. The van der Waals surface area contributed by atoms with Crippen LogP contribution in [0.5, 0.6) is 0 Å². The molecule has 0 radical (unpaired) electrons. The highest BCUT2D eigenvalue weighted by molar-refractivity contribution is 4.75. The van der Waals surface area contributed by atoms with Crippen molar-refractivity contribution < 1.29 is 10.2 Å². The van der Waals surface area contributed by atoms with Crippen molar-refractivity contribution in [3.05, 3.63) is 0 Å². The van der Waals surface area contributed by atoms with Crippen LogP contribution in [0.2, 0.25) is 0 Å². The predicted molar refractivity (Wildman–Crippen MR) is 112 cm³/mol. The fraction of sp³-hybridized carbons (Fsp3) is 1.00. The lowest BCUT2D eigenvalue weighted by Gasteiger charge is -2.36. The first kappa shape index (κ1) is 23.9. The molecule has 0 aromatic carbocycles. The summed E-state index contributed by atoms with van der Waals surface area (Å²) in [4.78, 5) is 4.84. The van der Waals surface area contributed by atoms with Crippen LogP contribution in [-0.2, 0) is 0 Å². The molecular formula is C22H46N2O2. The van der Waals surface area contributed by atoms with Crippen molar-refractivity contribution in [1.82, 2.24) is 9.80 Å². The summed E-state index contributed by atoms with van der Waals surface area (Å²) in [6.45, 7) is 10.6. The van der Waals surface area contributed by atoms with Crippen molar-refractivity contribution in [3.63, 3.8) is 0 Å². The molecule has 0 amide bonds. The Kier molecular flexibility index (Phi) is 14.6. The van der Waals surface area contributed by atoms with E-state index < -0.39 is 6.10 Å². The lowest BCUT2D eigenvalue weighted by atomic mass is 10.0. The summed E-state index contributed by atoms with van der Waals surface area (Å²) in [5.41, 5.74) is 0. The van der Waals surface area contributed by atoms with E-state index in [1.165, 1.54) is 77.2 Å². The fourth-order valence-corrected chi connectivity index (χ4v) is 4.02. The quantitative estimate of drug-likeness (QED) is 0.405. The number of hydrogen-bond donors (Lipinski definition) is 2. The topological polar surface area (TPSA) is 46.9 Å². The van der Waals surface area contributed by atoms with E-state index in [-0.39, 0.29) is 6.61 Å². The number of aliphatic hydroxyl groups excluding tert-OH is 2. The SMILES string of the molecule is CCCCCCCCCCCCC(C)CN1CCN(CC(O)CO)CC1. The van der Waals surface area contributed by atoms with Gasteiger partial charge in [-0.2, -0.15) is 0 Å². The van der Waals surface area contributed by atoms with E-state index in [2.05, 4.69) is 23.6 Å². The average molecular weight is 371 g/mol. The number of hydrogen-bond acceptors (Lipinski definition) is 4. The normalized spacial score (nSPS) is 18.9. The Hall–Kier alpha value is -0.160. The summed E-state index contributed by atoms with van der Waals surface area (Å²) in [6, 6.07) is 0. The molecule has 1 rings (SSSR count). The van der Waals surface area contributed by atoms with Gasteiger partial charge in [0.05, 0.1) is 12.7 Å². The van der Waals surface area contributed by atoms with Gasteiger partial charge in [-0.1, -0.05) is 78.1 Å². The van der Waals surface area contributed by atoms with Gasteiger partial charge in [0.2, 0.25) is 0 Å². The zero-order valence-corrected chi connectivity index (χ0v) is 17.7. The van der Waals surface area contributed by atoms with Crippen LogP contribution < -0.4 is 0 Å². The Morgan fingerprint density at radius 1 is 0.731 bits per heavy atom. The molecular weight excluding hydrogens is 324 g/mol. The van der Waals surface area contributed by atoms with E-state index in [1.807, 2.05) is 0 Å². The van der Waals surface area contributed by atoms with Crippen LogP contribution in [0.15, 0.2) is 0 Å². The molecule has 0 bridgehead atoms. The van der Waals surface area contributed by atoms with E-state index in [4.69, 9.17) is 5.11 Å². The lowest BCUT2D eigenvalue weighted by Crippen LogP contribution is -2.49. The van der Waals surface area contributed by atoms with Crippen LogP contribution in [0.3, 0.4) is 0 Å². The molecule has 1 aliphatic rings. The smallest absolute Gasteiger partial charge is 0.0897 e. The molecule has 156 valence electrons. The van der Waals surface area contributed by atoms with Gasteiger partial charge >= 0.3 is 0 Å². The maximum Gasteiger partial charge on any atom is 0.0897 e. The van der Waals surface area contributed by atoms with Crippen LogP contribution in [0.25, 0.3) is 0 Å². The highest BCUT2D eigenvalue weighted by atomic mass is 16.3. The number of piperazine rings is 1. The summed E-state index contributed by atoms with van der Waals surface area (Å²) in [5.74, 6) is 0.790. The summed E-state index contributed by atoms with van der Waals surface area (Å²) in [5, 5.41) is 18.5. The van der Waals surface area contributed by atoms with Gasteiger partial charge in [-0.15, -0.1) is 0 Å². The van der Waals surface area contributed by atoms with Gasteiger partial charge in [-0.3, -0.25) is 4.90 Å². The maximum atomic E-state index is 9.54. The monoisotopic (exact) mass is 370 g/mol. The highest BCUT2D eigenvalue weighted by Gasteiger charge is 2.19. The maximum absolute atomic E-state index is 9.54. The van der Waals surface area contributed by atoms with Gasteiger partial charge in [0, 0.05) is 39.3 Å². The summed E-state index contributed by atoms with van der Waals surface area (Å²) in [7, 11) is 0. The fourth-order valence-electron chi connectivity index (χ4n) is 4.02. The summed E-state index contributed by atoms with van der Waals surface area (Å²) < 4.78 is 0. The van der Waals surface area contributed by atoms with Crippen molar-refractivity contribution in [1.29, 1.82) is 0 Å². The molecule has 0 spiro atoms. The minimum Gasteiger partial charge on any atom is -0.394 e. The van der Waals surface area contributed by atoms with Gasteiger partial charge in [0.25, 0.3) is 0 Å². The minimum atomic E-state index is -0.586. The molecule has 4 heteroatoms. The molecule has 0 saturated carbocycles. The Labute approximate surface area is 163 Å². The van der Waals surface area contributed by atoms with Gasteiger partial charge in [0.15, 0.2) is 0 Å². The van der Waals surface area contributed by atoms with Crippen LogP contribution in [0.4, 0.5) is 0 Å². The first-order valence-electron chi connectivity index (χ1n) is 11.4. The van der Waals surface area contributed by atoms with Gasteiger partial charge in [0.1, 0.15) is 0 Å². The lowest BCUT2D eigenvalue weighted by molar-refractivity contribution is 0.0371. The Morgan fingerprint density at radius 2 is 1.19 bits per heavy atom. The van der Waals surface area contributed by atoms with Gasteiger partial charge < -0.3 is 15.1 Å². The van der Waals surface area contributed by atoms with E-state index in [0.29, 0.717) is 6.54 Å². The summed E-state index contributed by atoms with van der Waals surface area (Å²) >= 11 is 0. The van der Waals surface area contributed by atoms with Crippen molar-refractivity contribution in [2.24, 2.45) is 5.92 Å². The second kappa shape index (κ2) is 15.9. The highest BCUT2D eigenvalue weighted by Crippen LogP contribution is 2.15. The third-order valence-electron chi connectivity index (χ3n) is 5.76. The van der Waals surface area contributed by atoms with Crippen LogP contribution >= 0.6 is 0 Å². The molecule has 26 heavy (non-hydrogen) atoms. The van der Waals surface area contributed by atoms with Crippen molar-refractivity contribution in [3.8, 4) is 0 Å². The molecule has 1 aliphatic heterocycles. The van der Waals surface area contributed by atoms with Crippen molar-refractivity contribution >= 4 is 0 Å².